The molecule has 1 aliphatic rings. The zero-order chi connectivity index (χ0) is 11.1. The quantitative estimate of drug-likeness (QED) is 0.816. The van der Waals surface area contributed by atoms with E-state index in [0.717, 1.165) is 12.8 Å². The van der Waals surface area contributed by atoms with Crippen LogP contribution in [0.1, 0.15) is 30.4 Å². The van der Waals surface area contributed by atoms with Crippen LogP contribution >= 0.6 is 0 Å². The third-order valence-electron chi connectivity index (χ3n) is 3.01. The maximum Gasteiger partial charge on any atom is 0.126 e. The zero-order valence-electron chi connectivity index (χ0n) is 8.69. The second-order valence-electron chi connectivity index (χ2n) is 4.42. The van der Waals surface area contributed by atoms with Crippen molar-refractivity contribution < 1.29 is 13.9 Å². The van der Waals surface area contributed by atoms with Crippen molar-refractivity contribution in [2.45, 2.75) is 38.2 Å². The first-order valence-corrected chi connectivity index (χ1v) is 5.17. The molecule has 1 nitrogen and oxygen atoms in total. The second kappa shape index (κ2) is 3.56. The van der Waals surface area contributed by atoms with Crippen molar-refractivity contribution in [1.29, 1.82) is 0 Å². The smallest absolute Gasteiger partial charge is 0.126 e. The molecule has 1 aliphatic carbocycles. The fourth-order valence-corrected chi connectivity index (χ4v) is 1.64. The third-order valence-corrected chi connectivity index (χ3v) is 3.01. The van der Waals surface area contributed by atoms with Crippen molar-refractivity contribution in [3.63, 3.8) is 0 Å². The van der Waals surface area contributed by atoms with Crippen molar-refractivity contribution in [3.8, 4) is 0 Å². The van der Waals surface area contributed by atoms with Crippen LogP contribution in [-0.4, -0.2) is 10.7 Å². The molecular formula is C12H14F2O. The van der Waals surface area contributed by atoms with Gasteiger partial charge in [0.15, 0.2) is 0 Å². The van der Waals surface area contributed by atoms with Crippen LogP contribution in [0.3, 0.4) is 0 Å². The van der Waals surface area contributed by atoms with Crippen LogP contribution in [0.15, 0.2) is 12.1 Å². The van der Waals surface area contributed by atoms with E-state index in [4.69, 9.17) is 0 Å². The van der Waals surface area contributed by atoms with Gasteiger partial charge in [-0.2, -0.15) is 0 Å². The molecule has 0 spiro atoms. The summed E-state index contributed by atoms with van der Waals surface area (Å²) < 4.78 is 26.5. The molecule has 82 valence electrons. The van der Waals surface area contributed by atoms with Gasteiger partial charge in [-0.15, -0.1) is 0 Å². The van der Waals surface area contributed by atoms with E-state index < -0.39 is 5.60 Å². The molecule has 1 N–H and O–H groups in total. The van der Waals surface area contributed by atoms with Crippen LogP contribution in [0.25, 0.3) is 0 Å². The van der Waals surface area contributed by atoms with E-state index in [1.165, 1.54) is 19.1 Å². The average molecular weight is 212 g/mol. The van der Waals surface area contributed by atoms with Gasteiger partial charge in [0.25, 0.3) is 0 Å². The summed E-state index contributed by atoms with van der Waals surface area (Å²) >= 11 is 0. The first kappa shape index (κ1) is 10.6. The van der Waals surface area contributed by atoms with Crippen LogP contribution < -0.4 is 0 Å². The van der Waals surface area contributed by atoms with Crippen molar-refractivity contribution in [1.82, 2.24) is 0 Å². The first-order chi connectivity index (χ1) is 7.00. The Morgan fingerprint density at radius 3 is 2.53 bits per heavy atom. The fourth-order valence-electron chi connectivity index (χ4n) is 1.64. The molecule has 0 heterocycles. The molecule has 3 heteroatoms. The van der Waals surface area contributed by atoms with E-state index in [1.807, 2.05) is 0 Å². The van der Waals surface area contributed by atoms with Crippen LogP contribution in [0.5, 0.6) is 0 Å². The highest BCUT2D eigenvalue weighted by Gasteiger charge is 2.39. The monoisotopic (exact) mass is 212 g/mol. The molecule has 0 atom stereocenters. The standard InChI is InChI=1S/C12H14F2O/c1-8-6-11(14)9(7-10(8)13)2-3-12(15)4-5-12/h6-7,15H,2-5H2,1H3. The van der Waals surface area contributed by atoms with E-state index in [1.54, 1.807) is 0 Å². The molecule has 0 unspecified atom stereocenters. The van der Waals surface area contributed by atoms with E-state index in [2.05, 4.69) is 0 Å². The zero-order valence-corrected chi connectivity index (χ0v) is 8.69. The molecule has 15 heavy (non-hydrogen) atoms. The molecule has 2 rings (SSSR count). The topological polar surface area (TPSA) is 20.2 Å². The Kier molecular flexibility index (Phi) is 2.51. The van der Waals surface area contributed by atoms with Gasteiger partial charge in [-0.05, 0) is 55.9 Å². The number of hydrogen-bond acceptors (Lipinski definition) is 1. The van der Waals surface area contributed by atoms with Crippen molar-refractivity contribution in [2.75, 3.05) is 0 Å². The van der Waals surface area contributed by atoms with Crippen molar-refractivity contribution >= 4 is 0 Å². The van der Waals surface area contributed by atoms with Gasteiger partial charge in [0.05, 0.1) is 5.60 Å². The highest BCUT2D eigenvalue weighted by Crippen LogP contribution is 2.39. The predicted octanol–water partition coefficient (Wildman–Crippen LogP) is 2.73. The molecule has 0 saturated heterocycles. The highest BCUT2D eigenvalue weighted by molar-refractivity contribution is 5.25. The van der Waals surface area contributed by atoms with Gasteiger partial charge in [-0.1, -0.05) is 0 Å². The summed E-state index contributed by atoms with van der Waals surface area (Å²) in [6, 6.07) is 2.44. The average Bonchev–Trinajstić information content (AvgIpc) is 2.89. The lowest BCUT2D eigenvalue weighted by Crippen LogP contribution is -2.08. The normalized spacial score (nSPS) is 17.9. The molecule has 1 fully saturated rings. The highest BCUT2D eigenvalue weighted by atomic mass is 19.1. The van der Waals surface area contributed by atoms with E-state index in [0.29, 0.717) is 24.0 Å². The fraction of sp³-hybridized carbons (Fsp3) is 0.500. The van der Waals surface area contributed by atoms with E-state index >= 15 is 0 Å². The minimum Gasteiger partial charge on any atom is -0.390 e. The minimum absolute atomic E-state index is 0.321. The molecule has 0 amide bonds. The van der Waals surface area contributed by atoms with Gasteiger partial charge in [0, 0.05) is 0 Å². The summed E-state index contributed by atoms with van der Waals surface area (Å²) in [5, 5.41) is 9.59. The molecule has 0 bridgehead atoms. The summed E-state index contributed by atoms with van der Waals surface area (Å²) in [4.78, 5) is 0. The minimum atomic E-state index is -0.603. The number of rotatable bonds is 3. The van der Waals surface area contributed by atoms with Gasteiger partial charge >= 0.3 is 0 Å². The van der Waals surface area contributed by atoms with Gasteiger partial charge < -0.3 is 5.11 Å². The van der Waals surface area contributed by atoms with Crippen LogP contribution in [0, 0.1) is 18.6 Å². The Hall–Kier alpha value is -0.960. The maximum absolute atomic E-state index is 13.4. The Labute approximate surface area is 87.7 Å². The Bertz CT molecular complexity index is 383. The molecule has 0 radical (unpaired) electrons. The Balaban J connectivity index is 2.10. The van der Waals surface area contributed by atoms with Crippen LogP contribution in [0.4, 0.5) is 8.78 Å². The van der Waals surface area contributed by atoms with E-state index in [9.17, 15) is 13.9 Å². The van der Waals surface area contributed by atoms with Crippen molar-refractivity contribution in [2.24, 2.45) is 0 Å². The molecule has 1 saturated carbocycles. The SMILES string of the molecule is Cc1cc(F)c(CCC2(O)CC2)cc1F. The van der Waals surface area contributed by atoms with Gasteiger partial charge in [-0.25, -0.2) is 8.78 Å². The van der Waals surface area contributed by atoms with Crippen molar-refractivity contribution in [3.05, 3.63) is 34.9 Å². The number of aryl methyl sites for hydroxylation is 2. The third kappa shape index (κ3) is 2.34. The van der Waals surface area contributed by atoms with Gasteiger partial charge in [-0.3, -0.25) is 0 Å². The number of benzene rings is 1. The molecule has 1 aromatic carbocycles. The van der Waals surface area contributed by atoms with Crippen LogP contribution in [0.2, 0.25) is 0 Å². The summed E-state index contributed by atoms with van der Waals surface area (Å²) in [5.41, 5.74) is 0.0770. The number of halogens is 2. The largest absolute Gasteiger partial charge is 0.390 e. The summed E-state index contributed by atoms with van der Waals surface area (Å²) in [5.74, 6) is -0.757. The van der Waals surface area contributed by atoms with Gasteiger partial charge in [0.1, 0.15) is 11.6 Å². The molecule has 0 aliphatic heterocycles. The molecule has 1 aromatic rings. The summed E-state index contributed by atoms with van der Waals surface area (Å²) in [7, 11) is 0. The summed E-state index contributed by atoms with van der Waals surface area (Å²) in [6.45, 7) is 1.54. The Morgan fingerprint density at radius 2 is 1.93 bits per heavy atom. The first-order valence-electron chi connectivity index (χ1n) is 5.17. The molecule has 0 aromatic heterocycles. The lowest BCUT2D eigenvalue weighted by atomic mass is 10.0. The number of aliphatic hydroxyl groups is 1. The number of hydrogen-bond donors (Lipinski definition) is 1. The van der Waals surface area contributed by atoms with E-state index in [-0.39, 0.29) is 11.6 Å². The molecular weight excluding hydrogens is 198 g/mol. The maximum atomic E-state index is 13.4. The lowest BCUT2D eigenvalue weighted by molar-refractivity contribution is 0.140. The lowest BCUT2D eigenvalue weighted by Gasteiger charge is -2.09. The van der Waals surface area contributed by atoms with Gasteiger partial charge in [0.2, 0.25) is 0 Å². The predicted molar refractivity (Wildman–Crippen MR) is 53.6 cm³/mol. The second-order valence-corrected chi connectivity index (χ2v) is 4.42. The Morgan fingerprint density at radius 1 is 1.27 bits per heavy atom. The summed E-state index contributed by atoms with van der Waals surface area (Å²) in [6.07, 6.45) is 2.48. The van der Waals surface area contributed by atoms with Crippen LogP contribution in [-0.2, 0) is 6.42 Å².